The van der Waals surface area contributed by atoms with E-state index in [0.29, 0.717) is 5.70 Å². The molecule has 0 N–H and O–H groups in total. The summed E-state index contributed by atoms with van der Waals surface area (Å²) in [7, 11) is 3.24. The van der Waals surface area contributed by atoms with E-state index >= 15 is 0 Å². The number of carbonyl (C=O) groups excluding carboxylic acids is 2. The number of allylic oxidation sites excluding steroid dienone is 1. The lowest BCUT2D eigenvalue weighted by molar-refractivity contribution is -0.123. The molecule has 0 aliphatic heterocycles. The number of nitrogens with zero attached hydrogens (tertiary/aromatic N) is 3. The second kappa shape index (κ2) is 6.12. The number of hydrogen-bond donors (Lipinski definition) is 0. The number of hydrogen-bond acceptors (Lipinski definition) is 4. The number of ether oxygens (including phenoxy) is 1. The molecule has 0 saturated heterocycles. The highest BCUT2D eigenvalue weighted by atomic mass is 16.6. The summed E-state index contributed by atoms with van der Waals surface area (Å²) in [5.74, 6) is -0.217. The molecule has 6 heteroatoms. The third-order valence-electron chi connectivity index (χ3n) is 1.46. The fourth-order valence-corrected chi connectivity index (χ4v) is 0.739. The van der Waals surface area contributed by atoms with Crippen LogP contribution in [0.15, 0.2) is 22.0 Å². The van der Waals surface area contributed by atoms with Gasteiger partial charge >= 0.3 is 6.09 Å². The maximum atomic E-state index is 11.3. The molecular weight excluding hydrogens is 222 g/mol. The van der Waals surface area contributed by atoms with Gasteiger partial charge in [0.15, 0.2) is 0 Å². The summed E-state index contributed by atoms with van der Waals surface area (Å²) >= 11 is 0. The van der Waals surface area contributed by atoms with Gasteiger partial charge in [0.05, 0.1) is 5.70 Å². The molecule has 0 aliphatic carbocycles. The van der Waals surface area contributed by atoms with Crippen LogP contribution in [0.2, 0.25) is 0 Å². The van der Waals surface area contributed by atoms with E-state index in [-0.39, 0.29) is 5.91 Å². The number of rotatable bonds is 2. The van der Waals surface area contributed by atoms with Crippen LogP contribution in [-0.2, 0) is 9.53 Å². The van der Waals surface area contributed by atoms with Crippen LogP contribution >= 0.6 is 0 Å². The third kappa shape index (κ3) is 8.12. The second-order valence-electron chi connectivity index (χ2n) is 4.70. The topological polar surface area (TPSA) is 71.3 Å². The van der Waals surface area contributed by atoms with E-state index in [9.17, 15) is 9.59 Å². The van der Waals surface area contributed by atoms with Crippen molar-refractivity contribution < 1.29 is 14.3 Å². The fraction of sp³-hybridized carbons (Fsp3) is 0.636. The maximum Gasteiger partial charge on any atom is 0.452 e. The Balaban J connectivity index is 4.44. The molecule has 0 heterocycles. The summed E-state index contributed by atoms with van der Waals surface area (Å²) in [5, 5.41) is 6.94. The highest BCUT2D eigenvalue weighted by Crippen LogP contribution is 2.08. The number of amides is 2. The first-order chi connectivity index (χ1) is 7.61. The third-order valence-corrected chi connectivity index (χ3v) is 1.46. The van der Waals surface area contributed by atoms with Gasteiger partial charge in [-0.3, -0.25) is 4.79 Å². The van der Waals surface area contributed by atoms with E-state index < -0.39 is 11.7 Å². The summed E-state index contributed by atoms with van der Waals surface area (Å²) in [6, 6.07) is 0. The Morgan fingerprint density at radius 3 is 2.12 bits per heavy atom. The molecule has 0 bridgehead atoms. The van der Waals surface area contributed by atoms with Crippen molar-refractivity contribution in [1.82, 2.24) is 4.90 Å². The molecule has 0 unspecified atom stereocenters. The molecule has 17 heavy (non-hydrogen) atoms. The minimum Gasteiger partial charge on any atom is -0.441 e. The van der Waals surface area contributed by atoms with Crippen LogP contribution in [0.4, 0.5) is 4.79 Å². The van der Waals surface area contributed by atoms with Crippen molar-refractivity contribution in [2.75, 3.05) is 14.1 Å². The number of azo groups is 1. The zero-order valence-electron chi connectivity index (χ0n) is 11.1. The summed E-state index contributed by atoms with van der Waals surface area (Å²) < 4.78 is 4.92. The van der Waals surface area contributed by atoms with Crippen LogP contribution in [0.3, 0.4) is 0 Å². The van der Waals surface area contributed by atoms with E-state index in [2.05, 4.69) is 10.2 Å². The lowest BCUT2D eigenvalue weighted by Gasteiger charge is -2.16. The van der Waals surface area contributed by atoms with Gasteiger partial charge in [-0.15, -0.1) is 5.11 Å². The first-order valence-electron chi connectivity index (χ1n) is 5.16. The molecule has 0 rings (SSSR count). The van der Waals surface area contributed by atoms with Crippen LogP contribution in [-0.4, -0.2) is 36.6 Å². The van der Waals surface area contributed by atoms with E-state index in [1.165, 1.54) is 11.0 Å². The fourth-order valence-electron chi connectivity index (χ4n) is 0.739. The summed E-state index contributed by atoms with van der Waals surface area (Å²) in [4.78, 5) is 23.8. The molecular formula is C11H19N3O3. The van der Waals surface area contributed by atoms with Crippen LogP contribution in [0.1, 0.15) is 27.7 Å². The lowest BCUT2D eigenvalue weighted by atomic mass is 10.2. The van der Waals surface area contributed by atoms with E-state index in [1.807, 2.05) is 0 Å². The molecule has 0 aliphatic rings. The van der Waals surface area contributed by atoms with E-state index in [0.717, 1.165) is 0 Å². The summed E-state index contributed by atoms with van der Waals surface area (Å²) in [5.41, 5.74) is -0.262. The zero-order chi connectivity index (χ0) is 13.6. The first-order valence-corrected chi connectivity index (χ1v) is 5.16. The van der Waals surface area contributed by atoms with Crippen LogP contribution in [0.5, 0.6) is 0 Å². The zero-order valence-corrected chi connectivity index (χ0v) is 11.1. The second-order valence-corrected chi connectivity index (χ2v) is 4.70. The molecule has 0 saturated carbocycles. The van der Waals surface area contributed by atoms with Crippen molar-refractivity contribution in [3.05, 3.63) is 11.8 Å². The Hall–Kier alpha value is -1.72. The maximum absolute atomic E-state index is 11.3. The van der Waals surface area contributed by atoms with Gasteiger partial charge in [0, 0.05) is 20.2 Å². The Morgan fingerprint density at radius 1 is 1.18 bits per heavy atom. The van der Waals surface area contributed by atoms with Crippen molar-refractivity contribution in [3.8, 4) is 0 Å². The smallest absolute Gasteiger partial charge is 0.441 e. The predicted octanol–water partition coefficient (Wildman–Crippen LogP) is 2.37. The van der Waals surface area contributed by atoms with Gasteiger partial charge in [-0.2, -0.15) is 0 Å². The van der Waals surface area contributed by atoms with Gasteiger partial charge < -0.3 is 9.64 Å². The van der Waals surface area contributed by atoms with Gasteiger partial charge in [0.2, 0.25) is 5.91 Å². The van der Waals surface area contributed by atoms with Crippen molar-refractivity contribution in [2.24, 2.45) is 10.2 Å². The molecule has 0 atom stereocenters. The Labute approximate surface area is 101 Å². The monoisotopic (exact) mass is 241 g/mol. The Bertz CT molecular complexity index is 351. The Kier molecular flexibility index (Phi) is 5.50. The van der Waals surface area contributed by atoms with Gasteiger partial charge in [0.25, 0.3) is 0 Å². The minimum absolute atomic E-state index is 0.217. The number of carbonyl (C=O) groups is 2. The van der Waals surface area contributed by atoms with Crippen molar-refractivity contribution in [2.45, 2.75) is 33.3 Å². The largest absolute Gasteiger partial charge is 0.452 e. The average molecular weight is 241 g/mol. The highest BCUT2D eigenvalue weighted by Gasteiger charge is 2.15. The normalized spacial score (nSPS) is 12.7. The van der Waals surface area contributed by atoms with Crippen molar-refractivity contribution in [3.63, 3.8) is 0 Å². The summed E-state index contributed by atoms with van der Waals surface area (Å²) in [6.45, 7) is 6.78. The molecule has 6 nitrogen and oxygen atoms in total. The van der Waals surface area contributed by atoms with Gasteiger partial charge in [-0.1, -0.05) is 5.11 Å². The number of likely N-dealkylation sites (N-methyl/N-ethyl adjacent to an activating group) is 1. The van der Waals surface area contributed by atoms with Gasteiger partial charge in [0.1, 0.15) is 5.60 Å². The van der Waals surface area contributed by atoms with Gasteiger partial charge in [-0.25, -0.2) is 4.79 Å². The van der Waals surface area contributed by atoms with Gasteiger partial charge in [-0.05, 0) is 27.7 Å². The molecule has 0 radical (unpaired) electrons. The minimum atomic E-state index is -0.775. The standard InChI is InChI=1S/C11H19N3O3/c1-8(7-9(15)14(5)6)12-13-10(16)17-11(2,3)4/h7H,1-6H3/b8-7+,13-12?. The highest BCUT2D eigenvalue weighted by molar-refractivity contribution is 5.87. The first kappa shape index (κ1) is 15.3. The predicted molar refractivity (Wildman–Crippen MR) is 63.5 cm³/mol. The van der Waals surface area contributed by atoms with E-state index in [1.54, 1.807) is 41.8 Å². The van der Waals surface area contributed by atoms with E-state index in [4.69, 9.17) is 4.74 Å². The van der Waals surface area contributed by atoms with Crippen LogP contribution in [0.25, 0.3) is 0 Å². The molecule has 0 fully saturated rings. The van der Waals surface area contributed by atoms with Crippen molar-refractivity contribution in [1.29, 1.82) is 0 Å². The SMILES string of the molecule is C/C(=C\C(=O)N(C)C)N=NC(=O)OC(C)(C)C. The van der Waals surface area contributed by atoms with Crippen LogP contribution < -0.4 is 0 Å². The summed E-state index contributed by atoms with van der Waals surface area (Å²) in [6.07, 6.45) is 0.510. The lowest BCUT2D eigenvalue weighted by Crippen LogP contribution is -2.21. The van der Waals surface area contributed by atoms with Crippen molar-refractivity contribution >= 4 is 12.0 Å². The molecule has 96 valence electrons. The Morgan fingerprint density at radius 2 is 1.71 bits per heavy atom. The molecule has 0 spiro atoms. The molecule has 0 aromatic heterocycles. The molecule has 2 amide bonds. The quantitative estimate of drug-likeness (QED) is 0.550. The molecule has 0 aromatic carbocycles. The van der Waals surface area contributed by atoms with Crippen LogP contribution in [0, 0.1) is 0 Å². The average Bonchev–Trinajstić information content (AvgIpc) is 2.11. The molecule has 0 aromatic rings.